The van der Waals surface area contributed by atoms with Crippen molar-refractivity contribution in [2.24, 2.45) is 0 Å². The minimum absolute atomic E-state index is 0.0975. The van der Waals surface area contributed by atoms with Crippen molar-refractivity contribution in [3.8, 4) is 5.75 Å². The molecule has 0 saturated heterocycles. The zero-order valence-electron chi connectivity index (χ0n) is 17.7. The first-order valence-corrected chi connectivity index (χ1v) is 11.0. The predicted octanol–water partition coefficient (Wildman–Crippen LogP) is 5.08. The van der Waals surface area contributed by atoms with E-state index in [4.69, 9.17) is 26.2 Å². The molecule has 1 atom stereocenters. The summed E-state index contributed by atoms with van der Waals surface area (Å²) in [4.78, 5) is 18.2. The monoisotopic (exact) mass is 442 g/mol. The van der Waals surface area contributed by atoms with Gasteiger partial charge in [0.15, 0.2) is 0 Å². The summed E-state index contributed by atoms with van der Waals surface area (Å²) in [6.07, 6.45) is 0.783. The van der Waals surface area contributed by atoms with Crippen LogP contribution in [0.1, 0.15) is 43.1 Å². The highest BCUT2D eigenvalue weighted by molar-refractivity contribution is 6.31. The van der Waals surface area contributed by atoms with Crippen LogP contribution in [0.2, 0.25) is 5.02 Å². The Balaban J connectivity index is 1.73. The van der Waals surface area contributed by atoms with Gasteiger partial charge in [-0.15, -0.1) is 0 Å². The Morgan fingerprint density at radius 2 is 2.03 bits per heavy atom. The van der Waals surface area contributed by atoms with Crippen molar-refractivity contribution >= 4 is 28.6 Å². The molecule has 1 amide bonds. The van der Waals surface area contributed by atoms with Gasteiger partial charge < -0.3 is 19.6 Å². The van der Waals surface area contributed by atoms with Crippen molar-refractivity contribution in [3.63, 3.8) is 0 Å². The number of carbonyl (C=O) groups excluding carboxylic acids is 1. The number of benzene rings is 2. The van der Waals surface area contributed by atoms with Crippen molar-refractivity contribution < 1.29 is 19.4 Å². The fraction of sp³-hybridized carbons (Fsp3) is 0.375. The normalized spacial score (nSPS) is 15.9. The molecule has 1 aromatic heterocycles. The quantitative estimate of drug-likeness (QED) is 0.522. The van der Waals surface area contributed by atoms with E-state index in [1.807, 2.05) is 56.3 Å². The predicted molar refractivity (Wildman–Crippen MR) is 121 cm³/mol. The number of amides is 1. The number of nitrogens with one attached hydrogen (secondary N) is 1. The maximum absolute atomic E-state index is 12.9. The van der Waals surface area contributed by atoms with E-state index in [2.05, 4.69) is 4.98 Å². The molecule has 0 unspecified atom stereocenters. The second-order valence-electron chi connectivity index (χ2n) is 7.98. The third kappa shape index (κ3) is 4.50. The summed E-state index contributed by atoms with van der Waals surface area (Å²) in [5.41, 5.74) is 4.13. The van der Waals surface area contributed by atoms with Crippen LogP contribution in [0.4, 0.5) is 4.79 Å². The van der Waals surface area contributed by atoms with E-state index in [-0.39, 0.29) is 24.8 Å². The van der Waals surface area contributed by atoms with Crippen molar-refractivity contribution in [1.82, 2.24) is 9.88 Å². The first kappa shape index (κ1) is 21.5. The van der Waals surface area contributed by atoms with Gasteiger partial charge in [0.25, 0.3) is 0 Å². The topological polar surface area (TPSA) is 74.8 Å². The lowest BCUT2D eigenvalue weighted by atomic mass is 9.92. The first-order valence-electron chi connectivity index (χ1n) is 10.6. The lowest BCUT2D eigenvalue weighted by molar-refractivity contribution is 0.0655. The molecule has 4 rings (SSSR count). The molecule has 7 heteroatoms. The Bertz CT molecular complexity index is 1060. The molecule has 3 aromatic rings. The van der Waals surface area contributed by atoms with Crippen LogP contribution in [-0.2, 0) is 11.2 Å². The Morgan fingerprint density at radius 3 is 2.74 bits per heavy atom. The van der Waals surface area contributed by atoms with Crippen LogP contribution in [0, 0.1) is 0 Å². The summed E-state index contributed by atoms with van der Waals surface area (Å²) in [6.45, 7) is 4.81. The molecule has 0 fully saturated rings. The molecule has 0 spiro atoms. The molecule has 0 bridgehead atoms. The summed E-state index contributed by atoms with van der Waals surface area (Å²) in [6, 6.07) is 13.3. The van der Waals surface area contributed by atoms with Gasteiger partial charge in [0.1, 0.15) is 11.8 Å². The Hall–Kier alpha value is -2.70. The van der Waals surface area contributed by atoms with Crippen LogP contribution in [0.15, 0.2) is 42.5 Å². The number of rotatable bonds is 6. The lowest BCUT2D eigenvalue weighted by Gasteiger charge is -2.36. The number of H-pyrrole nitrogens is 1. The molecule has 6 nitrogen and oxygen atoms in total. The van der Waals surface area contributed by atoms with Gasteiger partial charge in [0.2, 0.25) is 0 Å². The Morgan fingerprint density at radius 1 is 1.26 bits per heavy atom. The van der Waals surface area contributed by atoms with Crippen LogP contribution in [0.3, 0.4) is 0 Å². The maximum Gasteiger partial charge on any atom is 0.410 e. The molecular weight excluding hydrogens is 416 g/mol. The molecule has 2 heterocycles. The Labute approximate surface area is 186 Å². The molecular formula is C24H27ClN2O4. The number of aromatic nitrogens is 1. The number of hydrogen-bond donors (Lipinski definition) is 2. The highest BCUT2D eigenvalue weighted by atomic mass is 35.5. The van der Waals surface area contributed by atoms with E-state index < -0.39 is 0 Å². The minimum Gasteiger partial charge on any atom is -0.494 e. The Kier molecular flexibility index (Phi) is 6.39. The standard InChI is InChI=1S/C24H27ClN2O4/c1-15(2)31-24(29)27-11-10-19-20-14-17(25)6-9-21(20)26-22(19)23(27)16-4-7-18(8-5-16)30-13-3-12-28/h4-9,14-15,23,26,28H,3,10-13H2,1-2H3/t23-/m0/s1. The summed E-state index contributed by atoms with van der Waals surface area (Å²) >= 11 is 6.25. The van der Waals surface area contributed by atoms with Crippen LogP contribution in [-0.4, -0.2) is 46.9 Å². The van der Waals surface area contributed by atoms with Crippen molar-refractivity contribution in [1.29, 1.82) is 0 Å². The number of aliphatic hydroxyl groups excluding tert-OH is 1. The minimum atomic E-state index is -0.328. The smallest absolute Gasteiger partial charge is 0.410 e. The SMILES string of the molecule is CC(C)OC(=O)N1CCc2c([nH]c3ccc(Cl)cc23)[C@@H]1c1ccc(OCCCO)cc1. The van der Waals surface area contributed by atoms with Crippen molar-refractivity contribution in [2.45, 2.75) is 38.8 Å². The molecule has 31 heavy (non-hydrogen) atoms. The molecule has 0 aliphatic carbocycles. The number of aliphatic hydroxyl groups is 1. The second-order valence-corrected chi connectivity index (χ2v) is 8.42. The second kappa shape index (κ2) is 9.20. The van der Waals surface area contributed by atoms with E-state index in [0.29, 0.717) is 24.6 Å². The number of nitrogens with zero attached hydrogens (tertiary/aromatic N) is 1. The maximum atomic E-state index is 12.9. The molecule has 0 radical (unpaired) electrons. The zero-order chi connectivity index (χ0) is 22.0. The molecule has 0 saturated carbocycles. The van der Waals surface area contributed by atoms with Crippen LogP contribution < -0.4 is 4.74 Å². The van der Waals surface area contributed by atoms with Crippen LogP contribution in [0.25, 0.3) is 10.9 Å². The van der Waals surface area contributed by atoms with E-state index in [9.17, 15) is 4.79 Å². The largest absolute Gasteiger partial charge is 0.494 e. The fourth-order valence-electron chi connectivity index (χ4n) is 4.07. The highest BCUT2D eigenvalue weighted by Crippen LogP contribution is 2.39. The van der Waals surface area contributed by atoms with Gasteiger partial charge in [-0.1, -0.05) is 23.7 Å². The average Bonchev–Trinajstić information content (AvgIpc) is 3.11. The number of carbonyl (C=O) groups is 1. The van der Waals surface area contributed by atoms with Gasteiger partial charge in [-0.05, 0) is 61.7 Å². The van der Waals surface area contributed by atoms with Gasteiger partial charge in [-0.2, -0.15) is 0 Å². The van der Waals surface area contributed by atoms with Gasteiger partial charge in [-0.25, -0.2) is 4.79 Å². The number of fused-ring (bicyclic) bond motifs is 3. The van der Waals surface area contributed by atoms with Crippen molar-refractivity contribution in [3.05, 3.63) is 64.3 Å². The van der Waals surface area contributed by atoms with Crippen LogP contribution in [0.5, 0.6) is 5.75 Å². The summed E-state index contributed by atoms with van der Waals surface area (Å²) in [7, 11) is 0. The number of aromatic amines is 1. The van der Waals surface area contributed by atoms with E-state index >= 15 is 0 Å². The van der Waals surface area contributed by atoms with Gasteiger partial charge in [0.05, 0.1) is 12.7 Å². The molecule has 2 aromatic carbocycles. The van der Waals surface area contributed by atoms with Gasteiger partial charge in [0, 0.05) is 41.2 Å². The van der Waals surface area contributed by atoms with Crippen LogP contribution >= 0.6 is 11.6 Å². The summed E-state index contributed by atoms with van der Waals surface area (Å²) in [5, 5.41) is 10.7. The number of ether oxygens (including phenoxy) is 2. The summed E-state index contributed by atoms with van der Waals surface area (Å²) < 4.78 is 11.2. The molecule has 1 aliphatic rings. The highest BCUT2D eigenvalue weighted by Gasteiger charge is 2.35. The number of hydrogen-bond acceptors (Lipinski definition) is 4. The number of halogens is 1. The van der Waals surface area contributed by atoms with E-state index in [1.165, 1.54) is 5.56 Å². The van der Waals surface area contributed by atoms with Gasteiger partial charge in [-0.3, -0.25) is 4.90 Å². The summed E-state index contributed by atoms with van der Waals surface area (Å²) in [5.74, 6) is 0.730. The lowest BCUT2D eigenvalue weighted by Crippen LogP contribution is -2.41. The van der Waals surface area contributed by atoms with Crippen molar-refractivity contribution in [2.75, 3.05) is 19.8 Å². The molecule has 1 aliphatic heterocycles. The third-order valence-corrected chi connectivity index (χ3v) is 5.66. The first-order chi connectivity index (χ1) is 15.0. The van der Waals surface area contributed by atoms with E-state index in [1.54, 1.807) is 4.90 Å². The molecule has 2 N–H and O–H groups in total. The van der Waals surface area contributed by atoms with Gasteiger partial charge >= 0.3 is 6.09 Å². The fourth-order valence-corrected chi connectivity index (χ4v) is 4.25. The zero-order valence-corrected chi connectivity index (χ0v) is 18.5. The molecule has 164 valence electrons. The van der Waals surface area contributed by atoms with E-state index in [0.717, 1.165) is 34.3 Å². The third-order valence-electron chi connectivity index (χ3n) is 5.43. The average molecular weight is 443 g/mol.